The van der Waals surface area contributed by atoms with Crippen LogP contribution >= 0.6 is 0 Å². The highest BCUT2D eigenvalue weighted by Gasteiger charge is 2.29. The van der Waals surface area contributed by atoms with Crippen molar-refractivity contribution in [3.8, 4) is 0 Å². The molecule has 0 aromatic heterocycles. The molecule has 0 spiro atoms. The SMILES string of the molecule is CC[C@H](C)[C@H](NC(=O)CS(=O)(=O)NC1CCC(C)CC1)C(=O)O. The van der Waals surface area contributed by atoms with E-state index in [1.165, 1.54) is 0 Å². The maximum absolute atomic E-state index is 12.1. The molecular formula is C15H28N2O5S. The molecule has 1 aliphatic carbocycles. The fourth-order valence-electron chi connectivity index (χ4n) is 2.74. The van der Waals surface area contributed by atoms with Crippen molar-refractivity contribution in [2.24, 2.45) is 11.8 Å². The summed E-state index contributed by atoms with van der Waals surface area (Å²) in [5.74, 6) is -2.34. The minimum absolute atomic E-state index is 0.131. The first-order chi connectivity index (χ1) is 10.6. The first-order valence-corrected chi connectivity index (χ1v) is 9.82. The summed E-state index contributed by atoms with van der Waals surface area (Å²) in [7, 11) is -3.76. The Morgan fingerprint density at radius 3 is 2.26 bits per heavy atom. The Balaban J connectivity index is 2.55. The van der Waals surface area contributed by atoms with Gasteiger partial charge in [-0.2, -0.15) is 0 Å². The van der Waals surface area contributed by atoms with Crippen LogP contribution in [-0.4, -0.2) is 43.2 Å². The predicted molar refractivity (Wildman–Crippen MR) is 87.4 cm³/mol. The molecule has 0 aliphatic heterocycles. The van der Waals surface area contributed by atoms with Gasteiger partial charge in [0.1, 0.15) is 11.8 Å². The number of carbonyl (C=O) groups excluding carboxylic acids is 1. The van der Waals surface area contributed by atoms with Gasteiger partial charge in [0.2, 0.25) is 15.9 Å². The standard InChI is InChI=1S/C15H28N2O5S/c1-4-11(3)14(15(19)20)16-13(18)9-23(21,22)17-12-7-5-10(2)6-8-12/h10-12,14,17H,4-9H2,1-3H3,(H,16,18)(H,19,20)/t10?,11-,12?,14-/m0/s1. The van der Waals surface area contributed by atoms with Gasteiger partial charge in [-0.1, -0.05) is 27.2 Å². The van der Waals surface area contributed by atoms with E-state index in [1.807, 2.05) is 6.92 Å². The van der Waals surface area contributed by atoms with Crippen molar-refractivity contribution < 1.29 is 23.1 Å². The number of rotatable bonds is 8. The van der Waals surface area contributed by atoms with Gasteiger partial charge in [-0.3, -0.25) is 4.79 Å². The van der Waals surface area contributed by atoms with Crippen LogP contribution in [0.25, 0.3) is 0 Å². The molecule has 1 saturated carbocycles. The molecule has 0 radical (unpaired) electrons. The van der Waals surface area contributed by atoms with Crippen LogP contribution < -0.4 is 10.0 Å². The number of carbonyl (C=O) groups is 2. The maximum Gasteiger partial charge on any atom is 0.326 e. The molecule has 23 heavy (non-hydrogen) atoms. The molecule has 0 aromatic carbocycles. The third-order valence-electron chi connectivity index (χ3n) is 4.48. The first-order valence-electron chi connectivity index (χ1n) is 8.16. The summed E-state index contributed by atoms with van der Waals surface area (Å²) in [6.07, 6.45) is 4.05. The van der Waals surface area contributed by atoms with Gasteiger partial charge in [-0.15, -0.1) is 0 Å². The van der Waals surface area contributed by atoms with E-state index in [4.69, 9.17) is 5.11 Å². The lowest BCUT2D eigenvalue weighted by atomic mass is 9.88. The van der Waals surface area contributed by atoms with Crippen LogP contribution in [0.3, 0.4) is 0 Å². The number of sulfonamides is 1. The van der Waals surface area contributed by atoms with E-state index in [1.54, 1.807) is 6.92 Å². The smallest absolute Gasteiger partial charge is 0.326 e. The molecule has 0 unspecified atom stereocenters. The molecule has 1 amide bonds. The normalized spacial score (nSPS) is 24.7. The van der Waals surface area contributed by atoms with E-state index < -0.39 is 33.7 Å². The second kappa shape index (κ2) is 8.63. The van der Waals surface area contributed by atoms with Gasteiger partial charge in [-0.05, 0) is 37.5 Å². The summed E-state index contributed by atoms with van der Waals surface area (Å²) in [5, 5.41) is 11.4. The van der Waals surface area contributed by atoms with Gasteiger partial charge in [0, 0.05) is 6.04 Å². The van der Waals surface area contributed by atoms with Crippen molar-refractivity contribution in [2.45, 2.75) is 65.0 Å². The Morgan fingerprint density at radius 1 is 1.22 bits per heavy atom. The van der Waals surface area contributed by atoms with Gasteiger partial charge in [0.05, 0.1) is 0 Å². The topological polar surface area (TPSA) is 113 Å². The molecule has 2 atom stereocenters. The van der Waals surface area contributed by atoms with Crippen LogP contribution in [0.1, 0.15) is 52.9 Å². The highest BCUT2D eigenvalue weighted by molar-refractivity contribution is 7.90. The van der Waals surface area contributed by atoms with Crippen LogP contribution in [0, 0.1) is 11.8 Å². The number of amides is 1. The minimum Gasteiger partial charge on any atom is -0.480 e. The quantitative estimate of drug-likeness (QED) is 0.608. The molecule has 1 rings (SSSR count). The molecule has 3 N–H and O–H groups in total. The third-order valence-corrected chi connectivity index (χ3v) is 5.81. The van der Waals surface area contributed by atoms with Crippen LogP contribution in [0.2, 0.25) is 0 Å². The van der Waals surface area contributed by atoms with Crippen LogP contribution in [0.5, 0.6) is 0 Å². The molecule has 0 aromatic rings. The number of aliphatic carboxylic acids is 1. The zero-order chi connectivity index (χ0) is 17.6. The molecule has 0 saturated heterocycles. The fourth-order valence-corrected chi connectivity index (χ4v) is 4.00. The van der Waals surface area contributed by atoms with E-state index in [0.717, 1.165) is 25.7 Å². The highest BCUT2D eigenvalue weighted by atomic mass is 32.2. The number of carboxylic acids is 1. The molecular weight excluding hydrogens is 320 g/mol. The molecule has 134 valence electrons. The summed E-state index contributed by atoms with van der Waals surface area (Å²) in [6, 6.07) is -1.20. The van der Waals surface area contributed by atoms with Gasteiger partial charge < -0.3 is 10.4 Å². The summed E-state index contributed by atoms with van der Waals surface area (Å²) in [5.41, 5.74) is 0. The molecule has 7 nitrogen and oxygen atoms in total. The van der Waals surface area contributed by atoms with Crippen molar-refractivity contribution in [1.82, 2.24) is 10.0 Å². The highest BCUT2D eigenvalue weighted by Crippen LogP contribution is 2.23. The van der Waals surface area contributed by atoms with Gasteiger partial charge in [0.15, 0.2) is 0 Å². The van der Waals surface area contributed by atoms with Gasteiger partial charge >= 0.3 is 5.97 Å². The number of nitrogens with one attached hydrogen (secondary N) is 2. The minimum atomic E-state index is -3.76. The van der Waals surface area contributed by atoms with Crippen molar-refractivity contribution in [1.29, 1.82) is 0 Å². The van der Waals surface area contributed by atoms with Crippen molar-refractivity contribution in [3.63, 3.8) is 0 Å². The number of hydrogen-bond donors (Lipinski definition) is 3. The van der Waals surface area contributed by atoms with E-state index in [9.17, 15) is 18.0 Å². The van der Waals surface area contributed by atoms with Crippen LogP contribution in [0.4, 0.5) is 0 Å². The second-order valence-electron chi connectivity index (χ2n) is 6.60. The Kier molecular flexibility index (Phi) is 7.47. The molecule has 0 heterocycles. The summed E-state index contributed by atoms with van der Waals surface area (Å²) < 4.78 is 26.7. The molecule has 0 bridgehead atoms. The third kappa shape index (κ3) is 6.87. The largest absolute Gasteiger partial charge is 0.480 e. The summed E-state index contributed by atoms with van der Waals surface area (Å²) in [6.45, 7) is 5.66. The van der Waals surface area contributed by atoms with Gasteiger partial charge in [-0.25, -0.2) is 17.9 Å². The Morgan fingerprint density at radius 2 is 1.78 bits per heavy atom. The second-order valence-corrected chi connectivity index (χ2v) is 8.36. The Hall–Kier alpha value is -1.15. The monoisotopic (exact) mass is 348 g/mol. The van der Waals surface area contributed by atoms with Crippen molar-refractivity contribution >= 4 is 21.9 Å². The lowest BCUT2D eigenvalue weighted by molar-refractivity contribution is -0.143. The van der Waals surface area contributed by atoms with Crippen molar-refractivity contribution in [2.75, 3.05) is 5.75 Å². The number of hydrogen-bond acceptors (Lipinski definition) is 4. The van der Waals surface area contributed by atoms with Crippen molar-refractivity contribution in [3.05, 3.63) is 0 Å². The molecule has 1 fully saturated rings. The van der Waals surface area contributed by atoms with Gasteiger partial charge in [0.25, 0.3) is 0 Å². The lowest BCUT2D eigenvalue weighted by Crippen LogP contribution is -2.49. The zero-order valence-electron chi connectivity index (χ0n) is 14.0. The predicted octanol–water partition coefficient (Wildman–Crippen LogP) is 1.10. The Bertz CT molecular complexity index is 512. The Labute approximate surface area is 138 Å². The van der Waals surface area contributed by atoms with Crippen LogP contribution in [0.15, 0.2) is 0 Å². The maximum atomic E-state index is 12.1. The first kappa shape index (κ1) is 19.9. The number of carboxylic acid groups (broad SMARTS) is 1. The average molecular weight is 348 g/mol. The van der Waals surface area contributed by atoms with E-state index >= 15 is 0 Å². The zero-order valence-corrected chi connectivity index (χ0v) is 14.9. The van der Waals surface area contributed by atoms with E-state index in [-0.39, 0.29) is 12.0 Å². The molecule has 1 aliphatic rings. The lowest BCUT2D eigenvalue weighted by Gasteiger charge is -2.26. The summed E-state index contributed by atoms with van der Waals surface area (Å²) >= 11 is 0. The summed E-state index contributed by atoms with van der Waals surface area (Å²) in [4.78, 5) is 23.1. The van der Waals surface area contributed by atoms with Crippen LogP contribution in [-0.2, 0) is 19.6 Å². The fraction of sp³-hybridized carbons (Fsp3) is 0.867. The average Bonchev–Trinajstić information content (AvgIpc) is 2.45. The van der Waals surface area contributed by atoms with E-state index in [2.05, 4.69) is 17.0 Å². The molecule has 8 heteroatoms. The van der Waals surface area contributed by atoms with E-state index in [0.29, 0.717) is 12.3 Å².